The fraction of sp³-hybridized carbons (Fsp3) is 0.286. The molecule has 0 N–H and O–H groups in total. The molecule has 1 aliphatic rings. The molecule has 1 fully saturated rings. The highest BCUT2D eigenvalue weighted by atomic mass is 35.5. The Morgan fingerprint density at radius 1 is 1.16 bits per heavy atom. The van der Waals surface area contributed by atoms with Gasteiger partial charge in [0.15, 0.2) is 5.41 Å². The summed E-state index contributed by atoms with van der Waals surface area (Å²) < 4.78 is 9.37. The van der Waals surface area contributed by atoms with Crippen molar-refractivity contribution in [2.75, 3.05) is 14.2 Å². The summed E-state index contributed by atoms with van der Waals surface area (Å²) in [6.45, 7) is 0. The summed E-state index contributed by atoms with van der Waals surface area (Å²) in [4.78, 5) is 23.5. The Hall–Kier alpha value is -1.81. The van der Waals surface area contributed by atoms with Crippen LogP contribution in [-0.2, 0) is 19.1 Å². The molecule has 1 aromatic carbocycles. The lowest BCUT2D eigenvalue weighted by atomic mass is 10.1. The second kappa shape index (κ2) is 5.05. The van der Waals surface area contributed by atoms with Gasteiger partial charge in [-0.3, -0.25) is 9.59 Å². The highest BCUT2D eigenvalue weighted by Gasteiger charge is 2.64. The normalized spacial score (nSPS) is 17.9. The molecule has 0 spiro atoms. The van der Waals surface area contributed by atoms with Crippen molar-refractivity contribution in [1.82, 2.24) is 0 Å². The van der Waals surface area contributed by atoms with Crippen molar-refractivity contribution < 1.29 is 19.1 Å². The smallest absolute Gasteiger partial charge is 0.327 e. The van der Waals surface area contributed by atoms with Crippen molar-refractivity contribution in [2.45, 2.75) is 6.42 Å². The third kappa shape index (κ3) is 2.36. The van der Waals surface area contributed by atoms with E-state index in [0.717, 1.165) is 5.56 Å². The average molecular weight is 281 g/mol. The van der Waals surface area contributed by atoms with Gasteiger partial charge in [-0.05, 0) is 23.3 Å². The number of carbonyl (C=O) groups is 2. The summed E-state index contributed by atoms with van der Waals surface area (Å²) >= 11 is 5.80. The fourth-order valence-electron chi connectivity index (χ4n) is 2.01. The van der Waals surface area contributed by atoms with E-state index >= 15 is 0 Å². The van der Waals surface area contributed by atoms with E-state index in [-0.39, 0.29) is 0 Å². The van der Waals surface area contributed by atoms with Gasteiger partial charge >= 0.3 is 11.9 Å². The lowest BCUT2D eigenvalue weighted by Crippen LogP contribution is -2.28. The molecular weight excluding hydrogens is 268 g/mol. The van der Waals surface area contributed by atoms with Crippen LogP contribution in [-0.4, -0.2) is 26.2 Å². The number of hydrogen-bond donors (Lipinski definition) is 0. The van der Waals surface area contributed by atoms with Crippen molar-refractivity contribution in [2.24, 2.45) is 5.41 Å². The van der Waals surface area contributed by atoms with Gasteiger partial charge < -0.3 is 9.47 Å². The Balaban J connectivity index is 2.30. The topological polar surface area (TPSA) is 52.6 Å². The average Bonchev–Trinajstić information content (AvgIpc) is 3.15. The molecule has 0 unspecified atom stereocenters. The van der Waals surface area contributed by atoms with Gasteiger partial charge in [0.05, 0.1) is 14.2 Å². The maximum atomic E-state index is 11.8. The van der Waals surface area contributed by atoms with Crippen LogP contribution in [0.25, 0.3) is 6.08 Å². The van der Waals surface area contributed by atoms with Crippen LogP contribution in [0, 0.1) is 5.41 Å². The highest BCUT2D eigenvalue weighted by Crippen LogP contribution is 2.54. The maximum absolute atomic E-state index is 11.8. The third-order valence-corrected chi connectivity index (χ3v) is 3.41. The number of esters is 2. The standard InChI is InChI=1S/C14H13ClO4/c1-18-12(16)14(13(17)19-2)8-10(14)7-9-3-5-11(15)6-4-9/h3-7H,8H2,1-2H3/b10-7+. The summed E-state index contributed by atoms with van der Waals surface area (Å²) in [5.41, 5.74) is 0.297. The van der Waals surface area contributed by atoms with Crippen LogP contribution < -0.4 is 0 Å². The van der Waals surface area contributed by atoms with Gasteiger partial charge in [-0.2, -0.15) is 0 Å². The Morgan fingerprint density at radius 2 is 1.68 bits per heavy atom. The van der Waals surface area contributed by atoms with E-state index in [1.807, 2.05) is 12.1 Å². The van der Waals surface area contributed by atoms with Crippen molar-refractivity contribution >= 4 is 29.6 Å². The molecule has 1 aromatic rings. The predicted octanol–water partition coefficient (Wildman–Crippen LogP) is 2.46. The Labute approximate surface area is 116 Å². The fourth-order valence-corrected chi connectivity index (χ4v) is 2.14. The van der Waals surface area contributed by atoms with Gasteiger partial charge in [0.1, 0.15) is 0 Å². The first-order chi connectivity index (χ1) is 9.04. The Bertz CT molecular complexity index is 529. The number of benzene rings is 1. The predicted molar refractivity (Wildman–Crippen MR) is 70.5 cm³/mol. The summed E-state index contributed by atoms with van der Waals surface area (Å²) in [7, 11) is 2.51. The molecule has 0 radical (unpaired) electrons. The van der Waals surface area contributed by atoms with Gasteiger partial charge in [-0.15, -0.1) is 0 Å². The minimum atomic E-state index is -1.26. The van der Waals surface area contributed by atoms with E-state index in [0.29, 0.717) is 17.0 Å². The number of halogens is 1. The zero-order valence-electron chi connectivity index (χ0n) is 10.6. The lowest BCUT2D eigenvalue weighted by molar-refractivity contribution is -0.160. The first-order valence-electron chi connectivity index (χ1n) is 5.68. The van der Waals surface area contributed by atoms with Crippen LogP contribution >= 0.6 is 11.6 Å². The molecule has 5 heteroatoms. The Morgan fingerprint density at radius 3 is 2.16 bits per heavy atom. The minimum absolute atomic E-state index is 0.328. The first kappa shape index (κ1) is 13.6. The van der Waals surface area contributed by atoms with Gasteiger partial charge in [-0.1, -0.05) is 29.8 Å². The van der Waals surface area contributed by atoms with E-state index < -0.39 is 17.4 Å². The second-order valence-electron chi connectivity index (χ2n) is 4.29. The van der Waals surface area contributed by atoms with E-state index in [9.17, 15) is 9.59 Å². The van der Waals surface area contributed by atoms with Gasteiger partial charge in [0.25, 0.3) is 0 Å². The molecule has 0 amide bonds. The number of rotatable bonds is 3. The maximum Gasteiger partial charge on any atom is 0.327 e. The van der Waals surface area contributed by atoms with Crippen molar-refractivity contribution in [1.29, 1.82) is 0 Å². The zero-order valence-corrected chi connectivity index (χ0v) is 11.4. The van der Waals surface area contributed by atoms with Crippen LogP contribution in [0.4, 0.5) is 0 Å². The van der Waals surface area contributed by atoms with E-state index in [4.69, 9.17) is 11.6 Å². The molecule has 100 valence electrons. The molecule has 4 nitrogen and oxygen atoms in total. The minimum Gasteiger partial charge on any atom is -0.468 e. The molecule has 2 rings (SSSR count). The molecule has 0 aliphatic heterocycles. The van der Waals surface area contributed by atoms with E-state index in [1.54, 1.807) is 18.2 Å². The van der Waals surface area contributed by atoms with Crippen LogP contribution in [0.1, 0.15) is 12.0 Å². The van der Waals surface area contributed by atoms with E-state index in [2.05, 4.69) is 9.47 Å². The third-order valence-electron chi connectivity index (χ3n) is 3.16. The molecule has 0 saturated heterocycles. The molecule has 19 heavy (non-hydrogen) atoms. The lowest BCUT2D eigenvalue weighted by Gasteiger charge is -2.09. The van der Waals surface area contributed by atoms with Crippen molar-refractivity contribution in [3.8, 4) is 0 Å². The monoisotopic (exact) mass is 280 g/mol. The van der Waals surface area contributed by atoms with Crippen LogP contribution in [0.2, 0.25) is 5.02 Å². The largest absolute Gasteiger partial charge is 0.468 e. The summed E-state index contributed by atoms with van der Waals surface area (Å²) in [5.74, 6) is -1.17. The first-order valence-corrected chi connectivity index (χ1v) is 6.06. The van der Waals surface area contributed by atoms with Gasteiger partial charge in [0, 0.05) is 11.4 Å². The van der Waals surface area contributed by atoms with Crippen LogP contribution in [0.3, 0.4) is 0 Å². The van der Waals surface area contributed by atoms with Crippen LogP contribution in [0.5, 0.6) is 0 Å². The number of ether oxygens (including phenoxy) is 2. The quantitative estimate of drug-likeness (QED) is 0.630. The molecule has 0 atom stereocenters. The molecule has 0 heterocycles. The van der Waals surface area contributed by atoms with Crippen molar-refractivity contribution in [3.63, 3.8) is 0 Å². The molecule has 0 aromatic heterocycles. The number of hydrogen-bond acceptors (Lipinski definition) is 4. The SMILES string of the molecule is COC(=O)C1(C(=O)OC)C/C1=C\c1ccc(Cl)cc1. The second-order valence-corrected chi connectivity index (χ2v) is 4.72. The molecular formula is C14H13ClO4. The zero-order chi connectivity index (χ0) is 14.0. The molecule has 1 saturated carbocycles. The van der Waals surface area contributed by atoms with Crippen molar-refractivity contribution in [3.05, 3.63) is 40.4 Å². The number of carbonyl (C=O) groups excluding carboxylic acids is 2. The van der Waals surface area contributed by atoms with E-state index in [1.165, 1.54) is 14.2 Å². The van der Waals surface area contributed by atoms with Crippen LogP contribution in [0.15, 0.2) is 29.8 Å². The van der Waals surface area contributed by atoms with Gasteiger partial charge in [-0.25, -0.2) is 0 Å². The van der Waals surface area contributed by atoms with Gasteiger partial charge in [0.2, 0.25) is 0 Å². The Kier molecular flexibility index (Phi) is 3.62. The summed E-state index contributed by atoms with van der Waals surface area (Å²) in [6.07, 6.45) is 2.11. The molecule has 1 aliphatic carbocycles. The molecule has 0 bridgehead atoms. The number of methoxy groups -OCH3 is 2. The summed E-state index contributed by atoms with van der Waals surface area (Å²) in [6, 6.07) is 7.11. The summed E-state index contributed by atoms with van der Waals surface area (Å²) in [5, 5.41) is 0.630. The highest BCUT2D eigenvalue weighted by molar-refractivity contribution is 6.30.